The number of rotatable bonds is 6. The first-order valence-electron chi connectivity index (χ1n) is 6.70. The number of hydrogen-bond acceptors (Lipinski definition) is 2. The summed E-state index contributed by atoms with van der Waals surface area (Å²) in [6, 6.07) is 3.08. The highest BCUT2D eigenvalue weighted by atomic mass is 32.1. The zero-order valence-corrected chi connectivity index (χ0v) is 11.3. The van der Waals surface area contributed by atoms with Crippen molar-refractivity contribution in [3.8, 4) is 0 Å². The molecule has 16 heavy (non-hydrogen) atoms. The van der Waals surface area contributed by atoms with Crippen molar-refractivity contribution >= 4 is 11.3 Å². The zero-order chi connectivity index (χ0) is 11.4. The number of fused-ring (bicyclic) bond motifs is 1. The van der Waals surface area contributed by atoms with E-state index in [1.54, 1.807) is 15.3 Å². The summed E-state index contributed by atoms with van der Waals surface area (Å²) in [4.78, 5) is 3.24. The van der Waals surface area contributed by atoms with Gasteiger partial charge in [-0.3, -0.25) is 0 Å². The predicted molar refractivity (Wildman–Crippen MR) is 72.3 cm³/mol. The summed E-state index contributed by atoms with van der Waals surface area (Å²) in [5.74, 6) is 0. The van der Waals surface area contributed by atoms with Crippen LogP contribution in [0.3, 0.4) is 0 Å². The topological polar surface area (TPSA) is 12.0 Å². The van der Waals surface area contributed by atoms with Crippen molar-refractivity contribution in [1.82, 2.24) is 5.32 Å². The molecule has 0 radical (unpaired) electrons. The van der Waals surface area contributed by atoms with Gasteiger partial charge >= 0.3 is 0 Å². The summed E-state index contributed by atoms with van der Waals surface area (Å²) in [6.07, 6.45) is 7.79. The maximum atomic E-state index is 3.69. The van der Waals surface area contributed by atoms with Crippen LogP contribution in [-0.2, 0) is 12.8 Å². The molecule has 2 rings (SSSR count). The van der Waals surface area contributed by atoms with Crippen LogP contribution in [0.5, 0.6) is 0 Å². The monoisotopic (exact) mass is 237 g/mol. The van der Waals surface area contributed by atoms with Crippen molar-refractivity contribution in [2.45, 2.75) is 58.4 Å². The van der Waals surface area contributed by atoms with Crippen LogP contribution < -0.4 is 5.32 Å². The van der Waals surface area contributed by atoms with Gasteiger partial charge in [-0.05, 0) is 50.3 Å². The Balaban J connectivity index is 2.05. The molecule has 1 aromatic rings. The van der Waals surface area contributed by atoms with Crippen molar-refractivity contribution in [2.75, 3.05) is 6.54 Å². The second kappa shape index (κ2) is 5.83. The van der Waals surface area contributed by atoms with Crippen molar-refractivity contribution in [3.63, 3.8) is 0 Å². The Kier molecular flexibility index (Phi) is 4.42. The molecule has 1 nitrogen and oxygen atoms in total. The minimum atomic E-state index is 0.612. The van der Waals surface area contributed by atoms with Crippen LogP contribution in [0.1, 0.15) is 60.9 Å². The Labute approximate surface area is 103 Å². The molecule has 1 heterocycles. The van der Waals surface area contributed by atoms with Gasteiger partial charge in [-0.15, -0.1) is 11.3 Å². The van der Waals surface area contributed by atoms with Crippen LogP contribution in [0.4, 0.5) is 0 Å². The van der Waals surface area contributed by atoms with Gasteiger partial charge in [0.25, 0.3) is 0 Å². The van der Waals surface area contributed by atoms with Gasteiger partial charge in [-0.1, -0.05) is 20.3 Å². The first-order valence-corrected chi connectivity index (χ1v) is 7.51. The van der Waals surface area contributed by atoms with E-state index < -0.39 is 0 Å². The van der Waals surface area contributed by atoms with E-state index >= 15 is 0 Å². The van der Waals surface area contributed by atoms with E-state index in [1.807, 2.05) is 0 Å². The molecule has 1 aliphatic rings. The fourth-order valence-electron chi connectivity index (χ4n) is 2.48. The third-order valence-electron chi connectivity index (χ3n) is 3.33. The van der Waals surface area contributed by atoms with Gasteiger partial charge < -0.3 is 5.32 Å². The van der Waals surface area contributed by atoms with Crippen LogP contribution in [0.25, 0.3) is 0 Å². The number of aryl methyl sites for hydroxylation is 2. The molecule has 1 N–H and O–H groups in total. The van der Waals surface area contributed by atoms with Crippen molar-refractivity contribution in [1.29, 1.82) is 0 Å². The van der Waals surface area contributed by atoms with Gasteiger partial charge in [-0.2, -0.15) is 0 Å². The molecule has 1 aliphatic carbocycles. The summed E-state index contributed by atoms with van der Waals surface area (Å²) in [6.45, 7) is 5.67. The number of thiophene rings is 1. The zero-order valence-electron chi connectivity index (χ0n) is 10.5. The van der Waals surface area contributed by atoms with E-state index in [0.29, 0.717) is 6.04 Å². The van der Waals surface area contributed by atoms with Crippen molar-refractivity contribution < 1.29 is 0 Å². The summed E-state index contributed by atoms with van der Waals surface area (Å²) >= 11 is 2.06. The lowest BCUT2D eigenvalue weighted by atomic mass is 10.1. The quantitative estimate of drug-likeness (QED) is 0.786. The number of nitrogens with one attached hydrogen (secondary N) is 1. The molecule has 1 atom stereocenters. The number of hydrogen-bond donors (Lipinski definition) is 1. The van der Waals surface area contributed by atoms with Crippen LogP contribution in [0.15, 0.2) is 6.07 Å². The highest BCUT2D eigenvalue weighted by Crippen LogP contribution is 2.35. The van der Waals surface area contributed by atoms with E-state index in [4.69, 9.17) is 0 Å². The van der Waals surface area contributed by atoms with Gasteiger partial charge in [0.05, 0.1) is 0 Å². The highest BCUT2D eigenvalue weighted by Gasteiger charge is 2.19. The van der Waals surface area contributed by atoms with Crippen molar-refractivity contribution in [2.24, 2.45) is 0 Å². The van der Waals surface area contributed by atoms with Gasteiger partial charge in [0, 0.05) is 15.8 Å². The lowest BCUT2D eigenvalue weighted by Gasteiger charge is -2.16. The molecule has 0 saturated carbocycles. The average Bonchev–Trinajstić information content (AvgIpc) is 2.84. The summed E-state index contributed by atoms with van der Waals surface area (Å²) < 4.78 is 0. The van der Waals surface area contributed by atoms with Gasteiger partial charge in [-0.25, -0.2) is 0 Å². The summed E-state index contributed by atoms with van der Waals surface area (Å²) in [5.41, 5.74) is 1.64. The summed E-state index contributed by atoms with van der Waals surface area (Å²) in [5, 5.41) is 3.69. The molecule has 0 aliphatic heterocycles. The third-order valence-corrected chi connectivity index (χ3v) is 4.68. The molecular weight excluding hydrogens is 214 g/mol. The maximum Gasteiger partial charge on any atom is 0.0414 e. The maximum absolute atomic E-state index is 3.69. The van der Waals surface area contributed by atoms with E-state index in [0.717, 1.165) is 6.54 Å². The Bertz CT molecular complexity index is 308. The standard InChI is InChI=1S/C14H23NS/c1-3-6-12(15-9-4-2)14-10-11-7-5-8-13(11)16-14/h10,12,15H,3-9H2,1-2H3. The average molecular weight is 237 g/mol. The minimum absolute atomic E-state index is 0.612. The normalized spacial score (nSPS) is 16.4. The molecule has 1 unspecified atom stereocenters. The predicted octanol–water partition coefficient (Wildman–Crippen LogP) is 4.08. The molecule has 0 spiro atoms. The largest absolute Gasteiger partial charge is 0.309 e. The molecule has 0 saturated heterocycles. The van der Waals surface area contributed by atoms with E-state index in [2.05, 4.69) is 36.6 Å². The minimum Gasteiger partial charge on any atom is -0.309 e. The van der Waals surface area contributed by atoms with Crippen LogP contribution in [-0.4, -0.2) is 6.54 Å². The van der Waals surface area contributed by atoms with E-state index in [1.165, 1.54) is 38.5 Å². The first-order chi connectivity index (χ1) is 7.85. The Hall–Kier alpha value is -0.340. The molecule has 90 valence electrons. The molecular formula is C14H23NS. The molecule has 0 amide bonds. The third kappa shape index (κ3) is 2.67. The smallest absolute Gasteiger partial charge is 0.0414 e. The second-order valence-electron chi connectivity index (χ2n) is 4.75. The fourth-order valence-corrected chi connectivity index (χ4v) is 3.84. The van der Waals surface area contributed by atoms with E-state index in [9.17, 15) is 0 Å². The van der Waals surface area contributed by atoms with Crippen LogP contribution in [0, 0.1) is 0 Å². The lowest BCUT2D eigenvalue weighted by molar-refractivity contribution is 0.500. The Morgan fingerprint density at radius 3 is 2.88 bits per heavy atom. The molecule has 2 heteroatoms. The fraction of sp³-hybridized carbons (Fsp3) is 0.714. The molecule has 0 aromatic carbocycles. The van der Waals surface area contributed by atoms with Crippen LogP contribution in [0.2, 0.25) is 0 Å². The molecule has 0 bridgehead atoms. The first kappa shape index (κ1) is 12.1. The SMILES string of the molecule is CCCNC(CCC)c1cc2c(s1)CCC2. The van der Waals surface area contributed by atoms with E-state index in [-0.39, 0.29) is 0 Å². The van der Waals surface area contributed by atoms with Gasteiger partial charge in [0.2, 0.25) is 0 Å². The Morgan fingerprint density at radius 2 is 2.19 bits per heavy atom. The van der Waals surface area contributed by atoms with Gasteiger partial charge in [0.1, 0.15) is 0 Å². The Morgan fingerprint density at radius 1 is 1.31 bits per heavy atom. The van der Waals surface area contributed by atoms with Crippen molar-refractivity contribution in [3.05, 3.63) is 21.4 Å². The van der Waals surface area contributed by atoms with Gasteiger partial charge in [0.15, 0.2) is 0 Å². The highest BCUT2D eigenvalue weighted by molar-refractivity contribution is 7.12. The second-order valence-corrected chi connectivity index (χ2v) is 5.91. The lowest BCUT2D eigenvalue weighted by Crippen LogP contribution is -2.21. The molecule has 1 aromatic heterocycles. The molecule has 0 fully saturated rings. The summed E-state index contributed by atoms with van der Waals surface area (Å²) in [7, 11) is 0. The van der Waals surface area contributed by atoms with Crippen LogP contribution >= 0.6 is 11.3 Å².